The summed E-state index contributed by atoms with van der Waals surface area (Å²) in [6, 6.07) is 9.41. The van der Waals surface area contributed by atoms with Gasteiger partial charge in [0.05, 0.1) is 16.9 Å². The average molecular weight is 479 g/mol. The Morgan fingerprint density at radius 3 is 2.45 bits per heavy atom. The number of nitrogens with two attached hydrogens (primary N) is 1. The van der Waals surface area contributed by atoms with Crippen molar-refractivity contribution < 1.29 is 26.4 Å². The second-order valence-electron chi connectivity index (χ2n) is 7.06. The third-order valence-electron chi connectivity index (χ3n) is 4.62. The van der Waals surface area contributed by atoms with Gasteiger partial charge in [-0.05, 0) is 48.4 Å². The fourth-order valence-electron chi connectivity index (χ4n) is 3.00. The third-order valence-corrected chi connectivity index (χ3v) is 5.63. The van der Waals surface area contributed by atoms with Gasteiger partial charge in [0.25, 0.3) is 16.1 Å². The molecule has 1 heterocycles. The van der Waals surface area contributed by atoms with Crippen molar-refractivity contribution >= 4 is 33.3 Å². The summed E-state index contributed by atoms with van der Waals surface area (Å²) >= 11 is 0. The van der Waals surface area contributed by atoms with Crippen LogP contribution in [-0.4, -0.2) is 26.4 Å². The van der Waals surface area contributed by atoms with E-state index in [0.717, 1.165) is 6.07 Å². The SMILES string of the molecule is CNS(=O)(=O)Nc1cccc(Cc2cc(C(N)=O)c(Nc3ccc(C)cc3F)c(F)c2F)n1. The van der Waals surface area contributed by atoms with E-state index in [1.54, 1.807) is 13.0 Å². The number of aryl methyl sites for hydroxylation is 1. The van der Waals surface area contributed by atoms with Crippen LogP contribution in [0.3, 0.4) is 0 Å². The Morgan fingerprint density at radius 1 is 1.09 bits per heavy atom. The molecule has 0 aliphatic heterocycles. The van der Waals surface area contributed by atoms with Gasteiger partial charge in [-0.2, -0.15) is 8.42 Å². The molecular weight excluding hydrogens is 459 g/mol. The van der Waals surface area contributed by atoms with Crippen molar-refractivity contribution in [1.82, 2.24) is 9.71 Å². The van der Waals surface area contributed by atoms with Crippen molar-refractivity contribution in [3.63, 3.8) is 0 Å². The highest BCUT2D eigenvalue weighted by Crippen LogP contribution is 2.31. The van der Waals surface area contributed by atoms with Crippen LogP contribution in [0.5, 0.6) is 0 Å². The van der Waals surface area contributed by atoms with Gasteiger partial charge < -0.3 is 11.1 Å². The summed E-state index contributed by atoms with van der Waals surface area (Å²) in [6.45, 7) is 1.66. The summed E-state index contributed by atoms with van der Waals surface area (Å²) in [5.41, 5.74) is 4.74. The average Bonchev–Trinajstić information content (AvgIpc) is 2.74. The Kier molecular flexibility index (Phi) is 6.89. The number of pyridine rings is 1. The molecule has 0 spiro atoms. The first kappa shape index (κ1) is 24.0. The lowest BCUT2D eigenvalue weighted by atomic mass is 10.0. The third kappa shape index (κ3) is 5.59. The topological polar surface area (TPSA) is 126 Å². The smallest absolute Gasteiger partial charge is 0.300 e. The molecule has 0 saturated heterocycles. The predicted octanol–water partition coefficient (Wildman–Crippen LogP) is 3.12. The van der Waals surface area contributed by atoms with Gasteiger partial charge in [-0.25, -0.2) is 22.9 Å². The molecule has 0 aliphatic carbocycles. The minimum absolute atomic E-state index is 0.0500. The molecule has 0 atom stereocenters. The van der Waals surface area contributed by atoms with E-state index in [9.17, 15) is 26.4 Å². The molecule has 12 heteroatoms. The molecule has 0 aliphatic rings. The van der Waals surface area contributed by atoms with Crippen LogP contribution in [0.1, 0.15) is 27.2 Å². The number of carbonyl (C=O) groups is 1. The number of benzene rings is 2. The van der Waals surface area contributed by atoms with Gasteiger partial charge in [0.1, 0.15) is 11.6 Å². The largest absolute Gasteiger partial charge is 0.366 e. The maximum absolute atomic E-state index is 14.9. The number of carbonyl (C=O) groups excluding carboxylic acids is 1. The Bertz CT molecular complexity index is 1330. The maximum atomic E-state index is 14.9. The van der Waals surface area contributed by atoms with Crippen molar-refractivity contribution in [2.24, 2.45) is 5.73 Å². The van der Waals surface area contributed by atoms with Gasteiger partial charge in [0.15, 0.2) is 11.6 Å². The van der Waals surface area contributed by atoms with Gasteiger partial charge >= 0.3 is 0 Å². The number of halogens is 3. The monoisotopic (exact) mass is 479 g/mol. The number of aromatic nitrogens is 1. The maximum Gasteiger partial charge on any atom is 0.300 e. The minimum atomic E-state index is -3.83. The fourth-order valence-corrected chi connectivity index (χ4v) is 3.49. The van der Waals surface area contributed by atoms with Crippen LogP contribution >= 0.6 is 0 Å². The Labute approximate surface area is 188 Å². The van der Waals surface area contributed by atoms with Crippen molar-refractivity contribution in [2.45, 2.75) is 13.3 Å². The molecule has 2 aromatic carbocycles. The first-order valence-corrected chi connectivity index (χ1v) is 11.0. The number of anilines is 3. The molecule has 3 rings (SSSR count). The lowest BCUT2D eigenvalue weighted by Gasteiger charge is -2.15. The minimum Gasteiger partial charge on any atom is -0.366 e. The van der Waals surface area contributed by atoms with E-state index in [1.807, 2.05) is 0 Å². The van der Waals surface area contributed by atoms with E-state index in [1.165, 1.54) is 37.4 Å². The first-order chi connectivity index (χ1) is 15.5. The lowest BCUT2D eigenvalue weighted by molar-refractivity contribution is 0.100. The Hall–Kier alpha value is -3.64. The van der Waals surface area contributed by atoms with E-state index >= 15 is 0 Å². The van der Waals surface area contributed by atoms with E-state index in [-0.39, 0.29) is 29.2 Å². The molecule has 0 bridgehead atoms. The summed E-state index contributed by atoms with van der Waals surface area (Å²) in [5.74, 6) is -4.55. The molecule has 1 amide bonds. The molecule has 5 N–H and O–H groups in total. The van der Waals surface area contributed by atoms with E-state index in [2.05, 4.69) is 19.7 Å². The Balaban J connectivity index is 1.99. The molecule has 3 aromatic rings. The molecule has 174 valence electrons. The standard InChI is InChI=1S/C21H20F3N5O3S/c1-11-6-7-16(15(22)8-11)28-20-14(21(25)30)10-12(18(23)19(20)24)9-13-4-3-5-17(27-13)29-33(31,32)26-2/h3-8,10,26,28H,9H2,1-2H3,(H2,25,30)(H,27,29). The number of primary amides is 1. The molecule has 0 saturated carbocycles. The summed E-state index contributed by atoms with van der Waals surface area (Å²) < 4.78 is 71.5. The first-order valence-electron chi connectivity index (χ1n) is 9.52. The molecule has 8 nitrogen and oxygen atoms in total. The molecule has 1 aromatic heterocycles. The van der Waals surface area contributed by atoms with Crippen molar-refractivity contribution in [2.75, 3.05) is 17.1 Å². The van der Waals surface area contributed by atoms with Gasteiger partial charge in [-0.3, -0.25) is 9.52 Å². The number of nitrogens with zero attached hydrogens (tertiary/aromatic N) is 1. The lowest BCUT2D eigenvalue weighted by Crippen LogP contribution is -2.26. The van der Waals surface area contributed by atoms with Gasteiger partial charge in [0, 0.05) is 19.2 Å². The Morgan fingerprint density at radius 2 is 1.82 bits per heavy atom. The molecule has 33 heavy (non-hydrogen) atoms. The van der Waals surface area contributed by atoms with Gasteiger partial charge in [0.2, 0.25) is 0 Å². The quantitative estimate of drug-likeness (QED) is 0.395. The van der Waals surface area contributed by atoms with Gasteiger partial charge in [-0.15, -0.1) is 0 Å². The van der Waals surface area contributed by atoms with Crippen LogP contribution in [0.4, 0.5) is 30.4 Å². The van der Waals surface area contributed by atoms with Crippen LogP contribution in [0, 0.1) is 24.4 Å². The summed E-state index contributed by atoms with van der Waals surface area (Å²) in [5, 5.41) is 2.40. The number of hydrogen-bond donors (Lipinski definition) is 4. The van der Waals surface area contributed by atoms with Crippen molar-refractivity contribution in [3.05, 3.63) is 82.3 Å². The zero-order valence-corrected chi connectivity index (χ0v) is 18.4. The predicted molar refractivity (Wildman–Crippen MR) is 118 cm³/mol. The molecule has 0 radical (unpaired) electrons. The number of nitrogens with one attached hydrogen (secondary N) is 3. The number of hydrogen-bond acceptors (Lipinski definition) is 5. The van der Waals surface area contributed by atoms with E-state index in [4.69, 9.17) is 5.73 Å². The van der Waals surface area contributed by atoms with Crippen LogP contribution in [0.2, 0.25) is 0 Å². The fraction of sp³-hybridized carbons (Fsp3) is 0.143. The second-order valence-corrected chi connectivity index (χ2v) is 8.68. The number of rotatable bonds is 8. The highest BCUT2D eigenvalue weighted by atomic mass is 32.2. The highest BCUT2D eigenvalue weighted by molar-refractivity contribution is 7.90. The van der Waals surface area contributed by atoms with Crippen LogP contribution in [0.25, 0.3) is 0 Å². The van der Waals surface area contributed by atoms with Crippen LogP contribution < -0.4 is 20.5 Å². The highest BCUT2D eigenvalue weighted by Gasteiger charge is 2.23. The molecular formula is C21H20F3N5O3S. The van der Waals surface area contributed by atoms with E-state index in [0.29, 0.717) is 5.56 Å². The summed E-state index contributed by atoms with van der Waals surface area (Å²) in [4.78, 5) is 16.0. The van der Waals surface area contributed by atoms with E-state index < -0.39 is 44.8 Å². The van der Waals surface area contributed by atoms with Crippen molar-refractivity contribution in [3.8, 4) is 0 Å². The van der Waals surface area contributed by atoms with Crippen LogP contribution in [0.15, 0.2) is 42.5 Å². The zero-order chi connectivity index (χ0) is 24.3. The van der Waals surface area contributed by atoms with Gasteiger partial charge in [-0.1, -0.05) is 12.1 Å². The van der Waals surface area contributed by atoms with Crippen LogP contribution in [-0.2, 0) is 16.6 Å². The van der Waals surface area contributed by atoms with Crippen molar-refractivity contribution in [1.29, 1.82) is 0 Å². The second kappa shape index (κ2) is 9.46. The number of amides is 1. The zero-order valence-electron chi connectivity index (χ0n) is 17.5. The summed E-state index contributed by atoms with van der Waals surface area (Å²) in [7, 11) is -2.63. The molecule has 0 fully saturated rings. The normalized spacial score (nSPS) is 11.3. The molecule has 0 unspecified atom stereocenters. The summed E-state index contributed by atoms with van der Waals surface area (Å²) in [6.07, 6.45) is -0.280.